The van der Waals surface area contributed by atoms with Crippen LogP contribution in [0.4, 0.5) is 0 Å². The Bertz CT molecular complexity index is 353. The molecule has 0 radical (unpaired) electrons. The summed E-state index contributed by atoms with van der Waals surface area (Å²) in [7, 11) is 1.00. The number of amides is 1. The molecule has 0 saturated carbocycles. The smallest absolute Gasteiger partial charge is 0.222 e. The van der Waals surface area contributed by atoms with Gasteiger partial charge in [0.15, 0.2) is 0 Å². The highest BCUT2D eigenvalue weighted by atomic mass is 16.2. The second kappa shape index (κ2) is 7.88. The monoisotopic (exact) mass is 249 g/mol. The van der Waals surface area contributed by atoms with Gasteiger partial charge in [-0.05, 0) is 31.7 Å². The van der Waals surface area contributed by atoms with Crippen LogP contribution in [0.3, 0.4) is 0 Å². The molecule has 0 spiro atoms. The number of benzene rings is 1. The second-order valence-corrected chi connectivity index (χ2v) is 4.57. The average molecular weight is 249 g/mol. The number of hydrogen-bond acceptors (Lipinski definition) is 2. The Balaban J connectivity index is 0.000000771. The van der Waals surface area contributed by atoms with Gasteiger partial charge in [0.1, 0.15) is 0 Å². The van der Waals surface area contributed by atoms with E-state index in [9.17, 15) is 4.79 Å². The predicted molar refractivity (Wildman–Crippen MR) is 73.5 cm³/mol. The van der Waals surface area contributed by atoms with E-state index in [1.165, 1.54) is 24.0 Å². The van der Waals surface area contributed by atoms with Crippen molar-refractivity contribution in [3.63, 3.8) is 0 Å². The van der Waals surface area contributed by atoms with Gasteiger partial charge in [-0.15, -0.1) is 0 Å². The van der Waals surface area contributed by atoms with E-state index in [1.807, 2.05) is 4.90 Å². The molecule has 18 heavy (non-hydrogen) atoms. The van der Waals surface area contributed by atoms with Crippen molar-refractivity contribution in [1.82, 2.24) is 4.90 Å². The van der Waals surface area contributed by atoms with Gasteiger partial charge in [-0.2, -0.15) is 0 Å². The van der Waals surface area contributed by atoms with Crippen molar-refractivity contribution in [2.75, 3.05) is 20.2 Å². The van der Waals surface area contributed by atoms with E-state index < -0.39 is 0 Å². The van der Waals surface area contributed by atoms with Crippen molar-refractivity contribution in [2.24, 2.45) is 0 Å². The molecule has 0 aliphatic carbocycles. The van der Waals surface area contributed by atoms with E-state index in [2.05, 4.69) is 31.2 Å². The van der Waals surface area contributed by atoms with Crippen LogP contribution in [0.5, 0.6) is 0 Å². The average Bonchev–Trinajstić information content (AvgIpc) is 2.94. The maximum Gasteiger partial charge on any atom is 0.222 e. The molecular weight excluding hydrogens is 226 g/mol. The van der Waals surface area contributed by atoms with Crippen molar-refractivity contribution in [3.8, 4) is 0 Å². The Labute approximate surface area is 109 Å². The topological polar surface area (TPSA) is 40.5 Å². The van der Waals surface area contributed by atoms with Gasteiger partial charge in [0.25, 0.3) is 0 Å². The molecule has 0 bridgehead atoms. The van der Waals surface area contributed by atoms with Crippen LogP contribution in [-0.2, 0) is 11.2 Å². The van der Waals surface area contributed by atoms with Gasteiger partial charge in [0.05, 0.1) is 0 Å². The summed E-state index contributed by atoms with van der Waals surface area (Å²) in [5.74, 6) is 0.318. The molecule has 0 unspecified atom stereocenters. The fourth-order valence-electron chi connectivity index (χ4n) is 2.13. The van der Waals surface area contributed by atoms with Gasteiger partial charge in [-0.25, -0.2) is 0 Å². The van der Waals surface area contributed by atoms with Crippen molar-refractivity contribution < 1.29 is 9.90 Å². The number of hydrogen-bond donors (Lipinski definition) is 1. The number of carbonyl (C=O) groups is 1. The molecule has 1 heterocycles. The normalized spacial score (nSPS) is 14.1. The Morgan fingerprint density at radius 1 is 1.17 bits per heavy atom. The summed E-state index contributed by atoms with van der Waals surface area (Å²) in [6, 6.07) is 8.45. The molecule has 1 aliphatic heterocycles. The first-order valence-corrected chi connectivity index (χ1v) is 6.54. The minimum Gasteiger partial charge on any atom is -0.400 e. The first kappa shape index (κ1) is 14.7. The molecule has 1 aliphatic rings. The number of rotatable bonds is 3. The van der Waals surface area contributed by atoms with Crippen LogP contribution in [0.1, 0.15) is 30.4 Å². The molecule has 1 N–H and O–H groups in total. The number of likely N-dealkylation sites (tertiary alicyclic amines) is 1. The van der Waals surface area contributed by atoms with Gasteiger partial charge in [-0.1, -0.05) is 29.8 Å². The Morgan fingerprint density at radius 2 is 1.72 bits per heavy atom. The van der Waals surface area contributed by atoms with Crippen molar-refractivity contribution in [1.29, 1.82) is 0 Å². The molecule has 2 rings (SSSR count). The zero-order valence-electron chi connectivity index (χ0n) is 11.4. The zero-order chi connectivity index (χ0) is 13.4. The van der Waals surface area contributed by atoms with Crippen LogP contribution >= 0.6 is 0 Å². The van der Waals surface area contributed by atoms with E-state index in [4.69, 9.17) is 5.11 Å². The second-order valence-electron chi connectivity index (χ2n) is 4.57. The van der Waals surface area contributed by atoms with Crippen molar-refractivity contribution in [3.05, 3.63) is 35.4 Å². The molecule has 3 heteroatoms. The van der Waals surface area contributed by atoms with Gasteiger partial charge in [-0.3, -0.25) is 4.79 Å². The molecule has 100 valence electrons. The Kier molecular flexibility index (Phi) is 6.44. The van der Waals surface area contributed by atoms with Crippen LogP contribution in [0, 0.1) is 6.92 Å². The summed E-state index contributed by atoms with van der Waals surface area (Å²) in [5.41, 5.74) is 2.53. The van der Waals surface area contributed by atoms with Crippen molar-refractivity contribution >= 4 is 5.91 Å². The molecule has 3 nitrogen and oxygen atoms in total. The fourth-order valence-corrected chi connectivity index (χ4v) is 2.13. The minimum atomic E-state index is 0.318. The maximum atomic E-state index is 11.8. The van der Waals surface area contributed by atoms with Gasteiger partial charge < -0.3 is 10.0 Å². The van der Waals surface area contributed by atoms with E-state index in [0.717, 1.165) is 26.6 Å². The van der Waals surface area contributed by atoms with E-state index in [-0.39, 0.29) is 0 Å². The molecule has 0 atom stereocenters. The number of carbonyl (C=O) groups excluding carboxylic acids is 1. The first-order valence-electron chi connectivity index (χ1n) is 6.54. The third-order valence-electron chi connectivity index (χ3n) is 3.21. The van der Waals surface area contributed by atoms with Crippen LogP contribution in [0.2, 0.25) is 0 Å². The number of nitrogens with zero attached hydrogens (tertiary/aromatic N) is 1. The van der Waals surface area contributed by atoms with Gasteiger partial charge in [0, 0.05) is 26.6 Å². The van der Waals surface area contributed by atoms with Crippen LogP contribution < -0.4 is 0 Å². The summed E-state index contributed by atoms with van der Waals surface area (Å²) >= 11 is 0. The zero-order valence-corrected chi connectivity index (χ0v) is 11.4. The Hall–Kier alpha value is -1.35. The molecule has 1 fully saturated rings. The molecule has 0 aromatic heterocycles. The highest BCUT2D eigenvalue weighted by Gasteiger charge is 2.16. The van der Waals surface area contributed by atoms with Crippen molar-refractivity contribution in [2.45, 2.75) is 32.6 Å². The van der Waals surface area contributed by atoms with E-state index in [1.54, 1.807) is 0 Å². The summed E-state index contributed by atoms with van der Waals surface area (Å²) in [4.78, 5) is 13.8. The highest BCUT2D eigenvalue weighted by molar-refractivity contribution is 5.76. The first-order chi connectivity index (χ1) is 8.75. The molecule has 1 aromatic rings. The fraction of sp³-hybridized carbons (Fsp3) is 0.533. The lowest BCUT2D eigenvalue weighted by atomic mass is 10.1. The van der Waals surface area contributed by atoms with Crippen LogP contribution in [-0.4, -0.2) is 36.1 Å². The quantitative estimate of drug-likeness (QED) is 0.891. The largest absolute Gasteiger partial charge is 0.400 e. The third kappa shape index (κ3) is 4.49. The molecular formula is C15H23NO2. The minimum absolute atomic E-state index is 0.318. The third-order valence-corrected chi connectivity index (χ3v) is 3.21. The molecule has 1 amide bonds. The molecule has 1 saturated heterocycles. The lowest BCUT2D eigenvalue weighted by Crippen LogP contribution is -2.27. The highest BCUT2D eigenvalue weighted by Crippen LogP contribution is 2.11. The molecule has 1 aromatic carbocycles. The SMILES string of the molecule is CO.Cc1ccc(CCC(=O)N2CCCC2)cc1. The lowest BCUT2D eigenvalue weighted by molar-refractivity contribution is -0.130. The number of aliphatic hydroxyl groups excluding tert-OH is 1. The summed E-state index contributed by atoms with van der Waals surface area (Å²) in [5, 5.41) is 7.00. The summed E-state index contributed by atoms with van der Waals surface area (Å²) in [6.07, 6.45) is 3.88. The summed E-state index contributed by atoms with van der Waals surface area (Å²) < 4.78 is 0. The van der Waals surface area contributed by atoms with Crippen LogP contribution in [0.25, 0.3) is 0 Å². The van der Waals surface area contributed by atoms with Crippen LogP contribution in [0.15, 0.2) is 24.3 Å². The maximum absolute atomic E-state index is 11.8. The summed E-state index contributed by atoms with van der Waals surface area (Å²) in [6.45, 7) is 4.01. The van der Waals surface area contributed by atoms with E-state index in [0.29, 0.717) is 12.3 Å². The number of aryl methyl sites for hydroxylation is 2. The van der Waals surface area contributed by atoms with Gasteiger partial charge in [0.2, 0.25) is 5.91 Å². The number of aliphatic hydroxyl groups is 1. The Morgan fingerprint density at radius 3 is 2.28 bits per heavy atom. The van der Waals surface area contributed by atoms with Gasteiger partial charge >= 0.3 is 0 Å². The van der Waals surface area contributed by atoms with E-state index >= 15 is 0 Å². The lowest BCUT2D eigenvalue weighted by Gasteiger charge is -2.14. The predicted octanol–water partition coefficient (Wildman–Crippen LogP) is 2.16. The standard InChI is InChI=1S/C14H19NO.CH4O/c1-12-4-6-13(7-5-12)8-9-14(16)15-10-2-3-11-15;1-2/h4-7H,2-3,8-11H2,1H3;2H,1H3.